The number of benzene rings is 3. The van der Waals surface area contributed by atoms with Gasteiger partial charge in [0.1, 0.15) is 18.2 Å². The van der Waals surface area contributed by atoms with E-state index in [-0.39, 0.29) is 18.2 Å². The summed E-state index contributed by atoms with van der Waals surface area (Å²) in [6, 6.07) is 18.9. The summed E-state index contributed by atoms with van der Waals surface area (Å²) in [5.74, 6) is -0.136. The summed E-state index contributed by atoms with van der Waals surface area (Å²) in [5, 5.41) is 10.8. The van der Waals surface area contributed by atoms with E-state index in [2.05, 4.69) is 0 Å². The molecule has 0 aliphatic carbocycles. The van der Waals surface area contributed by atoms with Crippen molar-refractivity contribution in [3.8, 4) is 5.75 Å². The largest absolute Gasteiger partial charge is 0.488 e. The average Bonchev–Trinajstić information content (AvgIpc) is 3.07. The first kappa shape index (κ1) is 21.7. The molecule has 1 fully saturated rings. The molecule has 4 rings (SSSR count). The van der Waals surface area contributed by atoms with E-state index in [4.69, 9.17) is 17.0 Å². The number of ether oxygens (including phenoxy) is 1. The minimum absolute atomic E-state index is 0.0114. The molecule has 3 aromatic carbocycles. The van der Waals surface area contributed by atoms with Gasteiger partial charge >= 0.3 is 0 Å². The van der Waals surface area contributed by atoms with E-state index in [9.17, 15) is 19.3 Å². The fourth-order valence-corrected chi connectivity index (χ4v) is 4.32. The van der Waals surface area contributed by atoms with Crippen molar-refractivity contribution >= 4 is 51.7 Å². The van der Waals surface area contributed by atoms with Crippen molar-refractivity contribution < 1.29 is 18.8 Å². The van der Waals surface area contributed by atoms with Gasteiger partial charge in [-0.05, 0) is 54.1 Å². The Balaban J connectivity index is 1.53. The molecule has 0 N–H and O–H groups in total. The molecule has 1 saturated heterocycles. The van der Waals surface area contributed by atoms with Crippen LogP contribution in [0, 0.1) is 15.9 Å². The van der Waals surface area contributed by atoms with Crippen LogP contribution in [0.25, 0.3) is 6.08 Å². The lowest BCUT2D eigenvalue weighted by molar-refractivity contribution is -0.384. The van der Waals surface area contributed by atoms with Gasteiger partial charge in [0.25, 0.3) is 11.6 Å². The summed E-state index contributed by atoms with van der Waals surface area (Å²) in [6.45, 7) is 0.208. The van der Waals surface area contributed by atoms with Crippen molar-refractivity contribution in [3.05, 3.63) is 105 Å². The first-order valence-corrected chi connectivity index (χ1v) is 10.6. The molecule has 3 aromatic rings. The number of nitrogens with zero attached hydrogens (tertiary/aromatic N) is 2. The van der Waals surface area contributed by atoms with Crippen LogP contribution in [0.3, 0.4) is 0 Å². The van der Waals surface area contributed by atoms with Gasteiger partial charge in [0.15, 0.2) is 4.32 Å². The van der Waals surface area contributed by atoms with Crippen LogP contribution in [-0.2, 0) is 11.4 Å². The number of non-ortho nitro benzene ring substituents is 1. The lowest BCUT2D eigenvalue weighted by Gasteiger charge is -2.14. The maximum absolute atomic E-state index is 13.2. The van der Waals surface area contributed by atoms with Crippen LogP contribution in [0.1, 0.15) is 11.1 Å². The maximum atomic E-state index is 13.2. The Morgan fingerprint density at radius 2 is 1.75 bits per heavy atom. The van der Waals surface area contributed by atoms with Gasteiger partial charge in [0.05, 0.1) is 15.5 Å². The molecule has 1 aliphatic rings. The fourth-order valence-electron chi connectivity index (χ4n) is 3.03. The molecule has 0 aromatic heterocycles. The lowest BCUT2D eigenvalue weighted by atomic mass is 10.1. The molecule has 0 spiro atoms. The second-order valence-corrected chi connectivity index (χ2v) is 8.42. The number of rotatable bonds is 6. The number of halogens is 1. The molecule has 0 saturated carbocycles. The molecule has 1 aliphatic heterocycles. The number of hydrogen-bond donors (Lipinski definition) is 0. The predicted octanol–water partition coefficient (Wildman–Crippen LogP) is 5.72. The standard InChI is InChI=1S/C23H15FN2O4S2/c24-17-7-11-18(12-8-17)25-22(27)21(32-23(25)31)13-16-3-1-2-4-20(16)30-14-15-5-9-19(10-6-15)26(28)29/h1-13H,14H2. The summed E-state index contributed by atoms with van der Waals surface area (Å²) in [4.78, 5) is 25.1. The minimum atomic E-state index is -0.456. The van der Waals surface area contributed by atoms with Crippen molar-refractivity contribution in [2.45, 2.75) is 6.61 Å². The molecule has 0 unspecified atom stereocenters. The van der Waals surface area contributed by atoms with Gasteiger partial charge in [-0.3, -0.25) is 19.8 Å². The fraction of sp³-hybridized carbons (Fsp3) is 0.0435. The van der Waals surface area contributed by atoms with Gasteiger partial charge < -0.3 is 4.74 Å². The van der Waals surface area contributed by atoms with E-state index in [0.717, 1.165) is 17.3 Å². The molecule has 1 amide bonds. The number of thiocarbonyl (C=S) groups is 1. The Bertz CT molecular complexity index is 1230. The van der Waals surface area contributed by atoms with Crippen molar-refractivity contribution in [2.75, 3.05) is 4.90 Å². The van der Waals surface area contributed by atoms with Crippen LogP contribution in [0.2, 0.25) is 0 Å². The molecule has 0 bridgehead atoms. The number of thioether (sulfide) groups is 1. The van der Waals surface area contributed by atoms with Crippen molar-refractivity contribution in [1.29, 1.82) is 0 Å². The quantitative estimate of drug-likeness (QED) is 0.200. The molecule has 9 heteroatoms. The average molecular weight is 467 g/mol. The number of amides is 1. The van der Waals surface area contributed by atoms with Crippen LogP contribution in [0.5, 0.6) is 5.75 Å². The third-order valence-corrected chi connectivity index (χ3v) is 5.93. The monoisotopic (exact) mass is 466 g/mol. The Morgan fingerprint density at radius 1 is 1.06 bits per heavy atom. The van der Waals surface area contributed by atoms with Crippen LogP contribution in [0.4, 0.5) is 15.8 Å². The van der Waals surface area contributed by atoms with Gasteiger partial charge in [-0.25, -0.2) is 4.39 Å². The van der Waals surface area contributed by atoms with Gasteiger partial charge in [0, 0.05) is 17.7 Å². The summed E-state index contributed by atoms with van der Waals surface area (Å²) < 4.78 is 19.5. The van der Waals surface area contributed by atoms with E-state index in [1.807, 2.05) is 18.2 Å². The summed E-state index contributed by atoms with van der Waals surface area (Å²) in [7, 11) is 0. The smallest absolute Gasteiger partial charge is 0.270 e. The van der Waals surface area contributed by atoms with Crippen LogP contribution in [-0.4, -0.2) is 15.2 Å². The Hall–Kier alpha value is -3.56. The molecular formula is C23H15FN2O4S2. The maximum Gasteiger partial charge on any atom is 0.270 e. The molecule has 32 heavy (non-hydrogen) atoms. The van der Waals surface area contributed by atoms with Gasteiger partial charge in [-0.15, -0.1) is 0 Å². The Morgan fingerprint density at radius 3 is 2.44 bits per heavy atom. The predicted molar refractivity (Wildman–Crippen MR) is 126 cm³/mol. The number of anilines is 1. The third kappa shape index (κ3) is 4.68. The van der Waals surface area contributed by atoms with Crippen molar-refractivity contribution in [1.82, 2.24) is 0 Å². The summed E-state index contributed by atoms with van der Waals surface area (Å²) >= 11 is 6.52. The molecule has 0 radical (unpaired) electrons. The minimum Gasteiger partial charge on any atom is -0.488 e. The van der Waals surface area contributed by atoms with Crippen LogP contribution >= 0.6 is 24.0 Å². The van der Waals surface area contributed by atoms with E-state index >= 15 is 0 Å². The summed E-state index contributed by atoms with van der Waals surface area (Å²) in [5.41, 5.74) is 1.97. The van der Waals surface area contributed by atoms with E-state index in [1.165, 1.54) is 41.3 Å². The first-order valence-electron chi connectivity index (χ1n) is 9.41. The Kier molecular flexibility index (Phi) is 6.29. The van der Waals surface area contributed by atoms with Crippen molar-refractivity contribution in [3.63, 3.8) is 0 Å². The number of para-hydroxylation sites is 1. The highest BCUT2D eigenvalue weighted by molar-refractivity contribution is 8.27. The number of carbonyl (C=O) groups excluding carboxylic acids is 1. The zero-order valence-electron chi connectivity index (χ0n) is 16.4. The molecular weight excluding hydrogens is 451 g/mol. The zero-order valence-corrected chi connectivity index (χ0v) is 18.1. The topological polar surface area (TPSA) is 72.7 Å². The second-order valence-electron chi connectivity index (χ2n) is 6.74. The summed E-state index contributed by atoms with van der Waals surface area (Å²) in [6.07, 6.45) is 1.70. The second kappa shape index (κ2) is 9.29. The van der Waals surface area contributed by atoms with Crippen LogP contribution in [0.15, 0.2) is 77.7 Å². The van der Waals surface area contributed by atoms with E-state index in [0.29, 0.717) is 26.2 Å². The van der Waals surface area contributed by atoms with E-state index < -0.39 is 10.7 Å². The number of carbonyl (C=O) groups is 1. The van der Waals surface area contributed by atoms with Crippen molar-refractivity contribution in [2.24, 2.45) is 0 Å². The SMILES string of the molecule is O=C1C(=Cc2ccccc2OCc2ccc([N+](=O)[O-])cc2)SC(=S)N1c1ccc(F)cc1. The first-order chi connectivity index (χ1) is 15.4. The number of nitro groups is 1. The highest BCUT2D eigenvalue weighted by Crippen LogP contribution is 2.37. The zero-order chi connectivity index (χ0) is 22.7. The van der Waals surface area contributed by atoms with E-state index in [1.54, 1.807) is 24.3 Å². The highest BCUT2D eigenvalue weighted by Gasteiger charge is 2.33. The van der Waals surface area contributed by atoms with Gasteiger partial charge in [-0.2, -0.15) is 0 Å². The normalized spacial score (nSPS) is 14.8. The molecule has 6 nitrogen and oxygen atoms in total. The molecule has 0 atom stereocenters. The van der Waals surface area contributed by atoms with Crippen LogP contribution < -0.4 is 9.64 Å². The third-order valence-electron chi connectivity index (χ3n) is 4.63. The lowest BCUT2D eigenvalue weighted by Crippen LogP contribution is -2.27. The highest BCUT2D eigenvalue weighted by atomic mass is 32.2. The number of nitro benzene ring substituents is 1. The van der Waals surface area contributed by atoms with Gasteiger partial charge in [-0.1, -0.05) is 42.2 Å². The molecule has 1 heterocycles. The molecule has 160 valence electrons. The van der Waals surface area contributed by atoms with Gasteiger partial charge in [0.2, 0.25) is 0 Å². The Labute approximate surface area is 192 Å². The number of hydrogen-bond acceptors (Lipinski definition) is 6.